The Morgan fingerprint density at radius 2 is 1.83 bits per heavy atom. The summed E-state index contributed by atoms with van der Waals surface area (Å²) in [6.45, 7) is 4.20. The summed E-state index contributed by atoms with van der Waals surface area (Å²) in [5.41, 5.74) is 11.6. The van der Waals surface area contributed by atoms with Crippen LogP contribution < -0.4 is 15.8 Å². The van der Waals surface area contributed by atoms with Gasteiger partial charge in [-0.25, -0.2) is 0 Å². The van der Waals surface area contributed by atoms with Gasteiger partial charge in [0, 0.05) is 44.6 Å². The molecule has 0 amide bonds. The number of phenolic OH excluding ortho intramolecular Hbond substituents is 2. The largest absolute Gasteiger partial charge is 0.508 e. The van der Waals surface area contributed by atoms with Gasteiger partial charge in [-0.1, -0.05) is 37.6 Å². The molecule has 1 aliphatic heterocycles. The van der Waals surface area contributed by atoms with E-state index in [-0.39, 0.29) is 35.6 Å². The number of carbonyl (C=O) groups excluding carboxylic acids is 2. The zero-order chi connectivity index (χ0) is 33.1. The maximum absolute atomic E-state index is 12.9. The van der Waals surface area contributed by atoms with Gasteiger partial charge in [0.2, 0.25) is 0 Å². The number of aromatic hydroxyl groups is 2. The molecule has 46 heavy (non-hydrogen) atoms. The first kappa shape index (κ1) is 34.2. The minimum Gasteiger partial charge on any atom is -0.508 e. The number of aromatic amines is 1. The van der Waals surface area contributed by atoms with E-state index in [2.05, 4.69) is 35.7 Å². The van der Waals surface area contributed by atoms with Crippen molar-refractivity contribution in [2.45, 2.75) is 77.2 Å². The smallest absolute Gasteiger partial charge is 0.302 e. The number of carbonyl (C=O) groups is 2. The number of H-pyrrole nitrogens is 1. The Morgan fingerprint density at radius 1 is 1.04 bits per heavy atom. The fraction of sp³-hybridized carbons (Fsp3) is 0.405. The van der Waals surface area contributed by atoms with E-state index in [0.717, 1.165) is 42.4 Å². The van der Waals surface area contributed by atoms with E-state index >= 15 is 0 Å². The van der Waals surface area contributed by atoms with Crippen LogP contribution in [-0.2, 0) is 33.6 Å². The van der Waals surface area contributed by atoms with Crippen LogP contribution in [0, 0.1) is 5.92 Å². The highest BCUT2D eigenvalue weighted by Crippen LogP contribution is 2.34. The van der Waals surface area contributed by atoms with Gasteiger partial charge in [0.15, 0.2) is 11.5 Å². The van der Waals surface area contributed by atoms with Gasteiger partial charge in [-0.15, -0.1) is 0 Å². The zero-order valence-electron chi connectivity index (χ0n) is 27.1. The van der Waals surface area contributed by atoms with Crippen molar-refractivity contribution in [3.05, 3.63) is 101 Å². The molecule has 0 saturated carbocycles. The molecular weight excluding hydrogens is 582 g/mol. The van der Waals surface area contributed by atoms with Gasteiger partial charge in [0.25, 0.3) is 0 Å². The van der Waals surface area contributed by atoms with E-state index in [4.69, 9.17) is 15.2 Å². The number of ether oxygens (including phenoxy) is 2. The van der Waals surface area contributed by atoms with Crippen molar-refractivity contribution in [1.82, 2.24) is 10.3 Å². The molecule has 9 nitrogen and oxygen atoms in total. The van der Waals surface area contributed by atoms with Crippen LogP contribution in [0.15, 0.2) is 78.4 Å². The highest BCUT2D eigenvalue weighted by Gasteiger charge is 2.23. The van der Waals surface area contributed by atoms with Gasteiger partial charge in [-0.3, -0.25) is 9.59 Å². The fourth-order valence-electron chi connectivity index (χ4n) is 6.15. The van der Waals surface area contributed by atoms with Crippen molar-refractivity contribution >= 4 is 11.8 Å². The Labute approximate surface area is 271 Å². The summed E-state index contributed by atoms with van der Waals surface area (Å²) in [7, 11) is 1.49. The number of aryl methyl sites for hydroxylation is 1. The van der Waals surface area contributed by atoms with Gasteiger partial charge in [0.05, 0.1) is 12.9 Å². The molecule has 2 aromatic carbocycles. The molecule has 4 rings (SSSR count). The maximum Gasteiger partial charge on any atom is 0.302 e. The standard InChI is InChI=1S/C37H47N3O6/c1-4-25(9-12-33(46-24(2)41)21-32(43)11-8-26-10-13-35(44)36(17-26)45-3)16-29-22-39-23-30(29)19-34(27-6-5-7-31(42)18-27)28-14-15-40-37(38)20-28/h5-7,10,13-14,17-18,20,22-23,25,33-34,39-40,42,44H,4,8-9,11-12,15-16,19,21,38H2,1-3H3. The van der Waals surface area contributed by atoms with E-state index in [9.17, 15) is 19.8 Å². The van der Waals surface area contributed by atoms with E-state index in [0.29, 0.717) is 43.3 Å². The number of benzene rings is 2. The monoisotopic (exact) mass is 629 g/mol. The molecule has 1 aliphatic rings. The number of nitrogens with two attached hydrogens (primary N) is 1. The first-order chi connectivity index (χ1) is 22.1. The van der Waals surface area contributed by atoms with Crippen LogP contribution >= 0.6 is 0 Å². The second-order valence-corrected chi connectivity index (χ2v) is 12.1. The van der Waals surface area contributed by atoms with Crippen LogP contribution in [0.2, 0.25) is 0 Å². The lowest BCUT2D eigenvalue weighted by Gasteiger charge is -2.24. The van der Waals surface area contributed by atoms with Crippen LogP contribution in [0.25, 0.3) is 0 Å². The number of aromatic nitrogens is 1. The molecule has 3 unspecified atom stereocenters. The molecular formula is C37H47N3O6. The predicted octanol–water partition coefficient (Wildman–Crippen LogP) is 5.96. The molecule has 9 heteroatoms. The summed E-state index contributed by atoms with van der Waals surface area (Å²) in [5, 5.41) is 23.2. The summed E-state index contributed by atoms with van der Waals surface area (Å²) < 4.78 is 10.8. The lowest BCUT2D eigenvalue weighted by molar-refractivity contribution is -0.148. The van der Waals surface area contributed by atoms with E-state index < -0.39 is 6.10 Å². The number of Topliss-reactive ketones (excluding diaryl/α,β-unsaturated/α-hetero) is 1. The van der Waals surface area contributed by atoms with Crippen LogP contribution in [0.3, 0.4) is 0 Å². The van der Waals surface area contributed by atoms with E-state index in [1.165, 1.54) is 25.2 Å². The predicted molar refractivity (Wildman–Crippen MR) is 179 cm³/mol. The highest BCUT2D eigenvalue weighted by atomic mass is 16.5. The van der Waals surface area contributed by atoms with E-state index in [1.54, 1.807) is 24.3 Å². The number of ketones is 1. The van der Waals surface area contributed by atoms with Gasteiger partial charge in [0.1, 0.15) is 17.6 Å². The number of rotatable bonds is 17. The molecule has 3 aromatic rings. The highest BCUT2D eigenvalue weighted by molar-refractivity contribution is 5.79. The van der Waals surface area contributed by atoms with Crippen molar-refractivity contribution in [3.63, 3.8) is 0 Å². The Hall–Kier alpha value is -4.66. The molecule has 2 heterocycles. The molecule has 0 spiro atoms. The number of phenols is 2. The third-order valence-corrected chi connectivity index (χ3v) is 8.70. The molecule has 0 fully saturated rings. The number of dihydropyridines is 1. The number of hydrogen-bond donors (Lipinski definition) is 5. The first-order valence-electron chi connectivity index (χ1n) is 16.0. The average molecular weight is 630 g/mol. The van der Waals surface area contributed by atoms with Crippen molar-refractivity contribution in [1.29, 1.82) is 0 Å². The average Bonchev–Trinajstić information content (AvgIpc) is 3.47. The van der Waals surface area contributed by atoms with Crippen LogP contribution in [0.5, 0.6) is 17.2 Å². The SMILES string of the molecule is CCC(CCC(CC(=O)CCc1ccc(O)c(OC)c1)OC(C)=O)Cc1c[nH]cc1CC(C1=CCNC(N)=C1)c1cccc(O)c1. The number of esters is 1. The van der Waals surface area contributed by atoms with Gasteiger partial charge in [-0.05, 0) is 96.2 Å². The molecule has 0 saturated heterocycles. The van der Waals surface area contributed by atoms with E-state index in [1.807, 2.05) is 24.3 Å². The summed E-state index contributed by atoms with van der Waals surface area (Å²) in [6.07, 6.45) is 12.7. The Morgan fingerprint density at radius 3 is 2.52 bits per heavy atom. The minimum absolute atomic E-state index is 0.0180. The van der Waals surface area contributed by atoms with Crippen molar-refractivity contribution in [2.75, 3.05) is 13.7 Å². The van der Waals surface area contributed by atoms with Crippen molar-refractivity contribution in [2.24, 2.45) is 11.7 Å². The van der Waals surface area contributed by atoms with Gasteiger partial charge >= 0.3 is 5.97 Å². The lowest BCUT2D eigenvalue weighted by Crippen LogP contribution is -2.25. The van der Waals surface area contributed by atoms with Crippen LogP contribution in [-0.4, -0.2) is 46.7 Å². The molecule has 0 radical (unpaired) electrons. The molecule has 0 bridgehead atoms. The number of methoxy groups -OCH3 is 1. The second kappa shape index (κ2) is 16.6. The Bertz CT molecular complexity index is 1540. The molecule has 1 aromatic heterocycles. The fourth-order valence-corrected chi connectivity index (χ4v) is 6.15. The summed E-state index contributed by atoms with van der Waals surface area (Å²) in [5.74, 6) is 1.28. The minimum atomic E-state index is -0.474. The number of hydrogen-bond acceptors (Lipinski definition) is 8. The number of nitrogens with one attached hydrogen (secondary N) is 2. The molecule has 0 aliphatic carbocycles. The third-order valence-electron chi connectivity index (χ3n) is 8.70. The van der Waals surface area contributed by atoms with Crippen LogP contribution in [0.4, 0.5) is 0 Å². The topological polar surface area (TPSA) is 147 Å². The van der Waals surface area contributed by atoms with Gasteiger partial charge in [-0.2, -0.15) is 0 Å². The molecule has 6 N–H and O–H groups in total. The first-order valence-corrected chi connectivity index (χ1v) is 16.0. The van der Waals surface area contributed by atoms with Crippen molar-refractivity contribution < 1.29 is 29.3 Å². The van der Waals surface area contributed by atoms with Gasteiger partial charge < -0.3 is 35.7 Å². The Balaban J connectivity index is 1.39. The maximum atomic E-state index is 12.9. The quantitative estimate of drug-likeness (QED) is 0.115. The molecule has 246 valence electrons. The zero-order valence-corrected chi connectivity index (χ0v) is 27.1. The summed E-state index contributed by atoms with van der Waals surface area (Å²) in [6, 6.07) is 12.5. The number of allylic oxidation sites excluding steroid dienone is 2. The second-order valence-electron chi connectivity index (χ2n) is 12.1. The van der Waals surface area contributed by atoms with Crippen molar-refractivity contribution in [3.8, 4) is 17.2 Å². The molecule has 3 atom stereocenters. The summed E-state index contributed by atoms with van der Waals surface area (Å²) in [4.78, 5) is 28.1. The third kappa shape index (κ3) is 9.92. The summed E-state index contributed by atoms with van der Waals surface area (Å²) >= 11 is 0. The van der Waals surface area contributed by atoms with Crippen LogP contribution in [0.1, 0.15) is 74.1 Å². The Kier molecular flexibility index (Phi) is 12.3. The normalized spacial score (nSPS) is 14.8. The lowest BCUT2D eigenvalue weighted by atomic mass is 9.82.